The summed E-state index contributed by atoms with van der Waals surface area (Å²) in [7, 11) is -3.74. The zero-order valence-electron chi connectivity index (χ0n) is 9.52. The predicted octanol–water partition coefficient (Wildman–Crippen LogP) is 2.00. The summed E-state index contributed by atoms with van der Waals surface area (Å²) in [5.74, 6) is -0.168. The monoisotopic (exact) mass is 332 g/mol. The van der Waals surface area contributed by atoms with E-state index in [0.717, 1.165) is 0 Å². The van der Waals surface area contributed by atoms with E-state index in [4.69, 9.17) is 5.14 Å². The third-order valence-electron chi connectivity index (χ3n) is 2.12. The Kier molecular flexibility index (Phi) is 5.06. The summed E-state index contributed by atoms with van der Waals surface area (Å²) in [4.78, 5) is 11.5. The molecule has 0 bridgehead atoms. The van der Waals surface area contributed by atoms with Gasteiger partial charge in [-0.1, -0.05) is 6.08 Å². The standard InChI is InChI=1S/C11H13BrN2O3S/c1-2-3-4-11(15)14-10-6-5-8(7-9(10)12)18(13,16)17/h2,5-7H,1,3-4H2,(H,14,15)(H2,13,16,17). The van der Waals surface area contributed by atoms with Gasteiger partial charge >= 0.3 is 0 Å². The molecule has 0 spiro atoms. The minimum absolute atomic E-state index is 0.0153. The molecule has 0 saturated carbocycles. The second-order valence-corrected chi connectivity index (χ2v) is 5.98. The lowest BCUT2D eigenvalue weighted by Gasteiger charge is -2.08. The Morgan fingerprint density at radius 2 is 2.17 bits per heavy atom. The van der Waals surface area contributed by atoms with Gasteiger partial charge in [0.2, 0.25) is 15.9 Å². The number of benzene rings is 1. The first-order chi connectivity index (χ1) is 8.34. The molecular formula is C11H13BrN2O3S. The number of amides is 1. The molecule has 7 heteroatoms. The fraction of sp³-hybridized carbons (Fsp3) is 0.182. The van der Waals surface area contributed by atoms with E-state index in [1.807, 2.05) is 0 Å². The highest BCUT2D eigenvalue weighted by atomic mass is 79.9. The lowest BCUT2D eigenvalue weighted by molar-refractivity contribution is -0.116. The highest BCUT2D eigenvalue weighted by Gasteiger charge is 2.11. The van der Waals surface area contributed by atoms with Crippen LogP contribution >= 0.6 is 15.9 Å². The topological polar surface area (TPSA) is 89.3 Å². The molecule has 0 atom stereocenters. The van der Waals surface area contributed by atoms with Crippen molar-refractivity contribution in [2.75, 3.05) is 5.32 Å². The molecule has 0 saturated heterocycles. The molecule has 18 heavy (non-hydrogen) atoms. The van der Waals surface area contributed by atoms with Crippen LogP contribution in [0.15, 0.2) is 40.2 Å². The second-order valence-electron chi connectivity index (χ2n) is 3.56. The molecule has 1 rings (SSSR count). The molecule has 0 fully saturated rings. The maximum atomic E-state index is 11.5. The summed E-state index contributed by atoms with van der Waals surface area (Å²) < 4.78 is 22.7. The third-order valence-corrected chi connectivity index (χ3v) is 3.69. The van der Waals surface area contributed by atoms with Crippen molar-refractivity contribution in [3.05, 3.63) is 35.3 Å². The molecule has 0 radical (unpaired) electrons. The van der Waals surface area contributed by atoms with Crippen LogP contribution in [-0.2, 0) is 14.8 Å². The average molecular weight is 333 g/mol. The average Bonchev–Trinajstić information content (AvgIpc) is 2.27. The van der Waals surface area contributed by atoms with Crippen LogP contribution in [0.25, 0.3) is 0 Å². The van der Waals surface area contributed by atoms with Crippen molar-refractivity contribution >= 4 is 37.5 Å². The fourth-order valence-corrected chi connectivity index (χ4v) is 2.39. The Morgan fingerprint density at radius 3 is 2.67 bits per heavy atom. The first kappa shape index (κ1) is 14.9. The molecular weight excluding hydrogens is 320 g/mol. The molecule has 0 aliphatic heterocycles. The quantitative estimate of drug-likeness (QED) is 0.808. The van der Waals surface area contributed by atoms with E-state index in [0.29, 0.717) is 23.0 Å². The maximum absolute atomic E-state index is 11.5. The van der Waals surface area contributed by atoms with E-state index in [-0.39, 0.29) is 10.8 Å². The number of sulfonamides is 1. The number of nitrogens with one attached hydrogen (secondary N) is 1. The molecule has 3 N–H and O–H groups in total. The molecule has 1 aromatic rings. The van der Waals surface area contributed by atoms with Crippen LogP contribution < -0.4 is 10.5 Å². The van der Waals surface area contributed by atoms with Crippen LogP contribution in [0, 0.1) is 0 Å². The smallest absolute Gasteiger partial charge is 0.238 e. The summed E-state index contributed by atoms with van der Waals surface area (Å²) in [5.41, 5.74) is 0.497. The Bertz CT molecular complexity index is 570. The first-order valence-electron chi connectivity index (χ1n) is 5.07. The van der Waals surface area contributed by atoms with Gasteiger partial charge < -0.3 is 5.32 Å². The SMILES string of the molecule is C=CCCC(=O)Nc1ccc(S(N)(=O)=O)cc1Br. The fourth-order valence-electron chi connectivity index (χ4n) is 1.22. The van der Waals surface area contributed by atoms with Gasteiger partial charge in [-0.2, -0.15) is 0 Å². The van der Waals surface area contributed by atoms with Crippen molar-refractivity contribution in [2.45, 2.75) is 17.7 Å². The largest absolute Gasteiger partial charge is 0.325 e. The summed E-state index contributed by atoms with van der Waals surface area (Å²) in [6, 6.07) is 4.16. The van der Waals surface area contributed by atoms with Gasteiger partial charge in [-0.3, -0.25) is 4.79 Å². The Balaban J connectivity index is 2.87. The van der Waals surface area contributed by atoms with Crippen molar-refractivity contribution in [1.82, 2.24) is 0 Å². The van der Waals surface area contributed by atoms with Gasteiger partial charge in [0.25, 0.3) is 0 Å². The Labute approximate surface area is 114 Å². The van der Waals surface area contributed by atoms with E-state index < -0.39 is 10.0 Å². The van der Waals surface area contributed by atoms with E-state index >= 15 is 0 Å². The molecule has 0 aromatic heterocycles. The number of carbonyl (C=O) groups excluding carboxylic acids is 1. The zero-order chi connectivity index (χ0) is 13.8. The number of primary sulfonamides is 1. The van der Waals surface area contributed by atoms with Gasteiger partial charge in [0, 0.05) is 10.9 Å². The lowest BCUT2D eigenvalue weighted by Crippen LogP contribution is -2.14. The number of hydrogen-bond acceptors (Lipinski definition) is 3. The summed E-state index contributed by atoms with van der Waals surface area (Å²) in [5, 5.41) is 7.65. The van der Waals surface area contributed by atoms with Gasteiger partial charge in [-0.25, -0.2) is 13.6 Å². The molecule has 1 amide bonds. The highest BCUT2D eigenvalue weighted by Crippen LogP contribution is 2.25. The van der Waals surface area contributed by atoms with Crippen molar-refractivity contribution in [2.24, 2.45) is 5.14 Å². The molecule has 0 aliphatic rings. The van der Waals surface area contributed by atoms with E-state index in [9.17, 15) is 13.2 Å². The number of hydrogen-bond donors (Lipinski definition) is 2. The summed E-state index contributed by atoms with van der Waals surface area (Å²) in [6.07, 6.45) is 2.56. The van der Waals surface area contributed by atoms with Gasteiger partial charge in [-0.15, -0.1) is 6.58 Å². The minimum atomic E-state index is -3.74. The number of rotatable bonds is 5. The molecule has 98 valence electrons. The lowest BCUT2D eigenvalue weighted by atomic mass is 10.2. The number of nitrogens with two attached hydrogens (primary N) is 1. The molecule has 0 unspecified atom stereocenters. The third kappa shape index (κ3) is 4.25. The Hall–Kier alpha value is -1.18. The van der Waals surface area contributed by atoms with Gasteiger partial charge in [0.1, 0.15) is 0 Å². The van der Waals surface area contributed by atoms with Crippen LogP contribution in [0.1, 0.15) is 12.8 Å². The zero-order valence-corrected chi connectivity index (χ0v) is 11.9. The number of carbonyl (C=O) groups is 1. The molecule has 0 heterocycles. The van der Waals surface area contributed by atoms with E-state index in [2.05, 4.69) is 27.8 Å². The van der Waals surface area contributed by atoms with Gasteiger partial charge in [-0.05, 0) is 40.5 Å². The number of anilines is 1. The highest BCUT2D eigenvalue weighted by molar-refractivity contribution is 9.10. The first-order valence-corrected chi connectivity index (χ1v) is 7.41. The van der Waals surface area contributed by atoms with Gasteiger partial charge in [0.05, 0.1) is 10.6 Å². The summed E-state index contributed by atoms with van der Waals surface area (Å²) in [6.45, 7) is 3.53. The maximum Gasteiger partial charge on any atom is 0.238 e. The normalized spacial score (nSPS) is 11.0. The second kappa shape index (κ2) is 6.12. The minimum Gasteiger partial charge on any atom is -0.325 e. The number of allylic oxidation sites excluding steroid dienone is 1. The molecule has 5 nitrogen and oxygen atoms in total. The van der Waals surface area contributed by atoms with Crippen molar-refractivity contribution in [1.29, 1.82) is 0 Å². The van der Waals surface area contributed by atoms with Crippen LogP contribution in [0.5, 0.6) is 0 Å². The van der Waals surface area contributed by atoms with E-state index in [1.54, 1.807) is 6.08 Å². The van der Waals surface area contributed by atoms with Crippen LogP contribution in [0.2, 0.25) is 0 Å². The molecule has 0 aliphatic carbocycles. The van der Waals surface area contributed by atoms with Gasteiger partial charge in [0.15, 0.2) is 0 Å². The van der Waals surface area contributed by atoms with Crippen molar-refractivity contribution < 1.29 is 13.2 Å². The predicted molar refractivity (Wildman–Crippen MR) is 73.6 cm³/mol. The van der Waals surface area contributed by atoms with Crippen LogP contribution in [0.4, 0.5) is 5.69 Å². The van der Waals surface area contributed by atoms with Crippen LogP contribution in [0.3, 0.4) is 0 Å². The Morgan fingerprint density at radius 1 is 1.50 bits per heavy atom. The van der Waals surface area contributed by atoms with Crippen LogP contribution in [-0.4, -0.2) is 14.3 Å². The van der Waals surface area contributed by atoms with E-state index in [1.165, 1.54) is 18.2 Å². The summed E-state index contributed by atoms with van der Waals surface area (Å²) >= 11 is 3.18. The van der Waals surface area contributed by atoms with Crippen molar-refractivity contribution in [3.63, 3.8) is 0 Å². The number of halogens is 1. The van der Waals surface area contributed by atoms with Crippen molar-refractivity contribution in [3.8, 4) is 0 Å². The molecule has 1 aromatic carbocycles.